The van der Waals surface area contributed by atoms with Gasteiger partial charge in [-0.25, -0.2) is 0 Å². The molecule has 2 aliphatic rings. The van der Waals surface area contributed by atoms with Crippen LogP contribution in [0.5, 0.6) is 0 Å². The van der Waals surface area contributed by atoms with Gasteiger partial charge < -0.3 is 10.2 Å². The molecule has 0 aromatic heterocycles. The van der Waals surface area contributed by atoms with Gasteiger partial charge in [-0.1, -0.05) is 12.1 Å². The van der Waals surface area contributed by atoms with E-state index in [1.165, 1.54) is 6.42 Å². The molecule has 1 N–H and O–H groups in total. The first-order chi connectivity index (χ1) is 10.6. The predicted molar refractivity (Wildman–Crippen MR) is 86.6 cm³/mol. The predicted octanol–water partition coefficient (Wildman–Crippen LogP) is 2.89. The number of likely N-dealkylation sites (tertiary alicyclic amines) is 1. The van der Waals surface area contributed by atoms with Gasteiger partial charge in [-0.15, -0.1) is 0 Å². The highest BCUT2D eigenvalue weighted by Gasteiger charge is 2.49. The van der Waals surface area contributed by atoms with E-state index >= 15 is 0 Å². The molecule has 2 unspecified atom stereocenters. The standard InChI is InChI=1S/C18H24N2O2/c1-12-6-7-13(2)16(10-12)19-17(21)14-11-15(14)18(22)20-8-4-3-5-9-20/h6-7,10,14-15H,3-5,8-9,11H2,1-2H3,(H,19,21). The summed E-state index contributed by atoms with van der Waals surface area (Å²) in [5.74, 6) is -0.0672. The first kappa shape index (κ1) is 15.1. The Bertz CT molecular complexity index is 591. The molecule has 1 aliphatic heterocycles. The Morgan fingerprint density at radius 1 is 1.09 bits per heavy atom. The van der Waals surface area contributed by atoms with E-state index in [2.05, 4.69) is 5.32 Å². The topological polar surface area (TPSA) is 49.4 Å². The zero-order valence-corrected chi connectivity index (χ0v) is 13.4. The number of anilines is 1. The third-order valence-corrected chi connectivity index (χ3v) is 4.76. The molecule has 3 rings (SSSR count). The minimum atomic E-state index is -0.144. The molecule has 118 valence electrons. The summed E-state index contributed by atoms with van der Waals surface area (Å²) in [6.45, 7) is 5.72. The molecule has 2 fully saturated rings. The van der Waals surface area contributed by atoms with Crippen LogP contribution in [0.15, 0.2) is 18.2 Å². The fourth-order valence-corrected chi connectivity index (χ4v) is 3.20. The largest absolute Gasteiger partial charge is 0.342 e. The number of carbonyl (C=O) groups excluding carboxylic acids is 2. The van der Waals surface area contributed by atoms with Crippen LogP contribution in [0.1, 0.15) is 36.8 Å². The number of hydrogen-bond acceptors (Lipinski definition) is 2. The maximum Gasteiger partial charge on any atom is 0.228 e. The minimum Gasteiger partial charge on any atom is -0.342 e. The molecule has 1 heterocycles. The summed E-state index contributed by atoms with van der Waals surface area (Å²) in [5.41, 5.74) is 3.04. The second-order valence-electron chi connectivity index (χ2n) is 6.64. The summed E-state index contributed by atoms with van der Waals surface area (Å²) in [7, 11) is 0. The van der Waals surface area contributed by atoms with Gasteiger partial charge in [-0.05, 0) is 56.7 Å². The van der Waals surface area contributed by atoms with E-state index in [1.807, 2.05) is 36.9 Å². The molecule has 2 atom stereocenters. The molecule has 4 heteroatoms. The van der Waals surface area contributed by atoms with Gasteiger partial charge in [0.05, 0.1) is 11.8 Å². The summed E-state index contributed by atoms with van der Waals surface area (Å²) in [5, 5.41) is 2.99. The zero-order chi connectivity index (χ0) is 15.7. The van der Waals surface area contributed by atoms with Gasteiger partial charge in [0, 0.05) is 18.8 Å². The minimum absolute atomic E-state index is 0.0101. The molecule has 1 aliphatic carbocycles. The number of nitrogens with zero attached hydrogens (tertiary/aromatic N) is 1. The van der Waals surface area contributed by atoms with Crippen LogP contribution in [0.4, 0.5) is 5.69 Å². The highest BCUT2D eigenvalue weighted by atomic mass is 16.2. The summed E-state index contributed by atoms with van der Waals surface area (Å²) in [4.78, 5) is 26.7. The molecule has 1 aromatic carbocycles. The van der Waals surface area contributed by atoms with Crippen LogP contribution in [-0.4, -0.2) is 29.8 Å². The highest BCUT2D eigenvalue weighted by Crippen LogP contribution is 2.41. The number of rotatable bonds is 3. The molecule has 1 aromatic rings. The molecule has 2 amide bonds. The van der Waals surface area contributed by atoms with Crippen molar-refractivity contribution < 1.29 is 9.59 Å². The van der Waals surface area contributed by atoms with Crippen LogP contribution in [0.3, 0.4) is 0 Å². The van der Waals surface area contributed by atoms with E-state index in [0.717, 1.165) is 42.7 Å². The van der Waals surface area contributed by atoms with Crippen LogP contribution < -0.4 is 5.32 Å². The molecular formula is C18H24N2O2. The number of benzene rings is 1. The average Bonchev–Trinajstić information content (AvgIpc) is 3.32. The smallest absolute Gasteiger partial charge is 0.228 e. The molecule has 0 spiro atoms. The van der Waals surface area contributed by atoms with Gasteiger partial charge in [0.25, 0.3) is 0 Å². The Morgan fingerprint density at radius 3 is 2.55 bits per heavy atom. The highest BCUT2D eigenvalue weighted by molar-refractivity contribution is 6.00. The quantitative estimate of drug-likeness (QED) is 0.933. The SMILES string of the molecule is Cc1ccc(C)c(NC(=O)C2CC2C(=O)N2CCCCC2)c1. The van der Waals surface area contributed by atoms with Crippen molar-refractivity contribution >= 4 is 17.5 Å². The molecule has 4 nitrogen and oxygen atoms in total. The lowest BCUT2D eigenvalue weighted by molar-refractivity contribution is -0.134. The fraction of sp³-hybridized carbons (Fsp3) is 0.556. The number of amides is 2. The first-order valence-corrected chi connectivity index (χ1v) is 8.23. The normalized spacial score (nSPS) is 24.0. The van der Waals surface area contributed by atoms with E-state index in [1.54, 1.807) is 0 Å². The molecule has 1 saturated carbocycles. The number of aryl methyl sites for hydroxylation is 2. The summed E-state index contributed by atoms with van der Waals surface area (Å²) in [6, 6.07) is 6.02. The van der Waals surface area contributed by atoms with Gasteiger partial charge in [-0.2, -0.15) is 0 Å². The van der Waals surface area contributed by atoms with Crippen molar-refractivity contribution in [2.45, 2.75) is 39.5 Å². The van der Waals surface area contributed by atoms with Gasteiger partial charge in [-0.3, -0.25) is 9.59 Å². The zero-order valence-electron chi connectivity index (χ0n) is 13.4. The van der Waals surface area contributed by atoms with Gasteiger partial charge >= 0.3 is 0 Å². The van der Waals surface area contributed by atoms with Crippen molar-refractivity contribution in [3.05, 3.63) is 29.3 Å². The Balaban J connectivity index is 1.58. The lowest BCUT2D eigenvalue weighted by Crippen LogP contribution is -2.37. The lowest BCUT2D eigenvalue weighted by Gasteiger charge is -2.26. The van der Waals surface area contributed by atoms with Crippen molar-refractivity contribution in [1.29, 1.82) is 0 Å². The average molecular weight is 300 g/mol. The maximum absolute atomic E-state index is 12.4. The second-order valence-corrected chi connectivity index (χ2v) is 6.64. The van der Waals surface area contributed by atoms with Gasteiger partial charge in [0.2, 0.25) is 11.8 Å². The third-order valence-electron chi connectivity index (χ3n) is 4.76. The van der Waals surface area contributed by atoms with Crippen LogP contribution in [-0.2, 0) is 9.59 Å². The van der Waals surface area contributed by atoms with Crippen molar-refractivity contribution in [2.75, 3.05) is 18.4 Å². The van der Waals surface area contributed by atoms with Crippen LogP contribution in [0.2, 0.25) is 0 Å². The number of piperidine rings is 1. The maximum atomic E-state index is 12.4. The lowest BCUT2D eigenvalue weighted by atomic mass is 10.1. The van der Waals surface area contributed by atoms with E-state index in [4.69, 9.17) is 0 Å². The number of nitrogens with one attached hydrogen (secondary N) is 1. The number of carbonyl (C=O) groups is 2. The Kier molecular flexibility index (Phi) is 4.19. The van der Waals surface area contributed by atoms with Gasteiger partial charge in [0.1, 0.15) is 0 Å². The van der Waals surface area contributed by atoms with Crippen LogP contribution >= 0.6 is 0 Å². The molecule has 0 radical (unpaired) electrons. The number of hydrogen-bond donors (Lipinski definition) is 1. The van der Waals surface area contributed by atoms with Crippen molar-refractivity contribution in [1.82, 2.24) is 4.90 Å². The van der Waals surface area contributed by atoms with Crippen LogP contribution in [0, 0.1) is 25.7 Å². The van der Waals surface area contributed by atoms with Crippen molar-refractivity contribution in [2.24, 2.45) is 11.8 Å². The monoisotopic (exact) mass is 300 g/mol. The van der Waals surface area contributed by atoms with E-state index in [9.17, 15) is 9.59 Å². The molecule has 0 bridgehead atoms. The second kappa shape index (κ2) is 6.11. The molecule has 22 heavy (non-hydrogen) atoms. The summed E-state index contributed by atoms with van der Waals surface area (Å²) < 4.78 is 0. The van der Waals surface area contributed by atoms with Gasteiger partial charge in [0.15, 0.2) is 0 Å². The van der Waals surface area contributed by atoms with Crippen molar-refractivity contribution in [3.63, 3.8) is 0 Å². The van der Waals surface area contributed by atoms with Crippen molar-refractivity contribution in [3.8, 4) is 0 Å². The Labute approximate surface area is 131 Å². The summed E-state index contributed by atoms with van der Waals surface area (Å²) >= 11 is 0. The first-order valence-electron chi connectivity index (χ1n) is 8.23. The van der Waals surface area contributed by atoms with E-state index in [0.29, 0.717) is 6.42 Å². The fourth-order valence-electron chi connectivity index (χ4n) is 3.20. The summed E-state index contributed by atoms with van der Waals surface area (Å²) in [6.07, 6.45) is 4.10. The van der Waals surface area contributed by atoms with Crippen LogP contribution in [0.25, 0.3) is 0 Å². The third kappa shape index (κ3) is 3.16. The van der Waals surface area contributed by atoms with E-state index < -0.39 is 0 Å². The Hall–Kier alpha value is -1.84. The molecular weight excluding hydrogens is 276 g/mol. The molecule has 1 saturated heterocycles. The van der Waals surface area contributed by atoms with E-state index in [-0.39, 0.29) is 23.7 Å². The Morgan fingerprint density at radius 2 is 1.82 bits per heavy atom.